The van der Waals surface area contributed by atoms with Crippen molar-refractivity contribution in [2.75, 3.05) is 44.4 Å². The van der Waals surface area contributed by atoms with Crippen LogP contribution in [0.2, 0.25) is 0 Å². The van der Waals surface area contributed by atoms with Gasteiger partial charge in [-0.3, -0.25) is 0 Å². The predicted molar refractivity (Wildman–Crippen MR) is 77.4 cm³/mol. The number of aromatic nitrogens is 2. The van der Waals surface area contributed by atoms with Crippen molar-refractivity contribution in [1.82, 2.24) is 14.9 Å². The van der Waals surface area contributed by atoms with Crippen LogP contribution in [0.25, 0.3) is 0 Å². The molecule has 1 saturated heterocycles. The summed E-state index contributed by atoms with van der Waals surface area (Å²) in [5, 5.41) is 2.78. The van der Waals surface area contributed by atoms with Crippen molar-refractivity contribution in [3.63, 3.8) is 0 Å². The van der Waals surface area contributed by atoms with Crippen LogP contribution in [-0.2, 0) is 0 Å². The van der Waals surface area contributed by atoms with E-state index in [0.717, 1.165) is 19.0 Å². The van der Waals surface area contributed by atoms with Crippen LogP contribution in [0.4, 0.5) is 16.2 Å². The maximum Gasteiger partial charge on any atom is 0.227 e. The first-order chi connectivity index (χ1) is 9.60. The zero-order chi connectivity index (χ0) is 14.3. The van der Waals surface area contributed by atoms with Crippen LogP contribution in [0.5, 0.6) is 0 Å². The normalized spacial score (nSPS) is 26.4. The summed E-state index contributed by atoms with van der Waals surface area (Å²) in [4.78, 5) is 12.9. The first-order valence-electron chi connectivity index (χ1n) is 7.22. The average molecular weight is 279 g/mol. The summed E-state index contributed by atoms with van der Waals surface area (Å²) < 4.78 is 13.5. The molecule has 5 nitrogen and oxygen atoms in total. The Balaban J connectivity index is 1.81. The van der Waals surface area contributed by atoms with Gasteiger partial charge in [-0.2, -0.15) is 4.98 Å². The molecular formula is C14H22FN5. The van der Waals surface area contributed by atoms with Crippen LogP contribution in [0, 0.1) is 17.7 Å². The Labute approximate surface area is 119 Å². The highest BCUT2D eigenvalue weighted by Gasteiger charge is 2.44. The third-order valence-corrected chi connectivity index (χ3v) is 4.47. The second-order valence-corrected chi connectivity index (χ2v) is 6.05. The standard InChI is InChI=1S/C14H22FN5/c1-16-13-11(15)6-17-14(18-13)20-7-10(9-4-5-9)12(8-20)19(2)3/h6,9-10,12H,4-5,7-8H2,1-3H3,(H,16,17,18)/t10-,12+/m1/s1. The van der Waals surface area contributed by atoms with E-state index in [4.69, 9.17) is 0 Å². The molecular weight excluding hydrogens is 257 g/mol. The molecule has 1 aliphatic carbocycles. The third kappa shape index (κ3) is 2.44. The molecule has 0 aromatic carbocycles. The van der Waals surface area contributed by atoms with Crippen molar-refractivity contribution in [2.24, 2.45) is 11.8 Å². The smallest absolute Gasteiger partial charge is 0.227 e. The summed E-state index contributed by atoms with van der Waals surface area (Å²) in [6, 6.07) is 0.536. The summed E-state index contributed by atoms with van der Waals surface area (Å²) in [6.45, 7) is 1.89. The van der Waals surface area contributed by atoms with Crippen molar-refractivity contribution in [1.29, 1.82) is 0 Å². The van der Waals surface area contributed by atoms with Crippen LogP contribution in [-0.4, -0.2) is 55.1 Å². The summed E-state index contributed by atoms with van der Waals surface area (Å²) >= 11 is 0. The van der Waals surface area contributed by atoms with Gasteiger partial charge in [-0.1, -0.05) is 0 Å². The lowest BCUT2D eigenvalue weighted by Crippen LogP contribution is -2.36. The van der Waals surface area contributed by atoms with E-state index >= 15 is 0 Å². The Kier molecular flexibility index (Phi) is 3.50. The van der Waals surface area contributed by atoms with E-state index in [0.29, 0.717) is 17.9 Å². The maximum atomic E-state index is 13.5. The van der Waals surface area contributed by atoms with Gasteiger partial charge in [0.2, 0.25) is 5.95 Å². The number of hydrogen-bond donors (Lipinski definition) is 1. The lowest BCUT2D eigenvalue weighted by Gasteiger charge is -2.24. The Morgan fingerprint density at radius 3 is 2.70 bits per heavy atom. The maximum absolute atomic E-state index is 13.5. The topological polar surface area (TPSA) is 44.3 Å². The largest absolute Gasteiger partial charge is 0.371 e. The van der Waals surface area contributed by atoms with Crippen LogP contribution < -0.4 is 10.2 Å². The zero-order valence-corrected chi connectivity index (χ0v) is 12.3. The number of anilines is 2. The molecule has 2 aliphatic rings. The molecule has 0 amide bonds. The number of hydrogen-bond acceptors (Lipinski definition) is 5. The van der Waals surface area contributed by atoms with Crippen LogP contribution in [0.1, 0.15) is 12.8 Å². The molecule has 1 N–H and O–H groups in total. The molecule has 1 aromatic heterocycles. The quantitative estimate of drug-likeness (QED) is 0.903. The summed E-state index contributed by atoms with van der Waals surface area (Å²) in [6.07, 6.45) is 3.94. The van der Waals surface area contributed by atoms with E-state index in [2.05, 4.69) is 39.2 Å². The number of likely N-dealkylation sites (N-methyl/N-ethyl adjacent to an activating group) is 1. The second kappa shape index (κ2) is 5.16. The molecule has 0 radical (unpaired) electrons. The SMILES string of the molecule is CNc1nc(N2C[C@H](C3CC3)[C@@H](N(C)C)C2)ncc1F. The highest BCUT2D eigenvalue weighted by atomic mass is 19.1. The first-order valence-corrected chi connectivity index (χ1v) is 7.22. The fraction of sp³-hybridized carbons (Fsp3) is 0.714. The zero-order valence-electron chi connectivity index (χ0n) is 12.3. The van der Waals surface area contributed by atoms with Crippen molar-refractivity contribution in [2.45, 2.75) is 18.9 Å². The molecule has 6 heteroatoms. The fourth-order valence-electron chi connectivity index (χ4n) is 3.19. The monoisotopic (exact) mass is 279 g/mol. The van der Waals surface area contributed by atoms with Crippen molar-refractivity contribution in [3.8, 4) is 0 Å². The Bertz CT molecular complexity index is 478. The van der Waals surface area contributed by atoms with E-state index in [1.807, 2.05) is 0 Å². The van der Waals surface area contributed by atoms with E-state index < -0.39 is 5.82 Å². The van der Waals surface area contributed by atoms with E-state index in [-0.39, 0.29) is 5.82 Å². The third-order valence-electron chi connectivity index (χ3n) is 4.47. The highest BCUT2D eigenvalue weighted by molar-refractivity contribution is 5.43. The lowest BCUT2D eigenvalue weighted by molar-refractivity contribution is 0.238. The first kappa shape index (κ1) is 13.5. The molecule has 110 valence electrons. The molecule has 0 spiro atoms. The summed E-state index contributed by atoms with van der Waals surface area (Å²) in [5.41, 5.74) is 0. The van der Waals surface area contributed by atoms with Crippen molar-refractivity contribution < 1.29 is 4.39 Å². The Morgan fingerprint density at radius 1 is 1.35 bits per heavy atom. The van der Waals surface area contributed by atoms with Gasteiger partial charge in [0, 0.05) is 26.2 Å². The van der Waals surface area contributed by atoms with E-state index in [1.165, 1.54) is 19.0 Å². The van der Waals surface area contributed by atoms with Gasteiger partial charge in [0.1, 0.15) is 0 Å². The number of halogens is 1. The molecule has 3 rings (SSSR count). The summed E-state index contributed by atoms with van der Waals surface area (Å²) in [7, 11) is 5.94. The van der Waals surface area contributed by atoms with Gasteiger partial charge < -0.3 is 15.1 Å². The van der Waals surface area contributed by atoms with Gasteiger partial charge in [-0.05, 0) is 38.8 Å². The second-order valence-electron chi connectivity index (χ2n) is 6.05. The van der Waals surface area contributed by atoms with E-state index in [1.54, 1.807) is 7.05 Å². The summed E-state index contributed by atoms with van der Waals surface area (Å²) in [5.74, 6) is 2.02. The fourth-order valence-corrected chi connectivity index (χ4v) is 3.19. The average Bonchev–Trinajstić information content (AvgIpc) is 3.18. The van der Waals surface area contributed by atoms with Crippen molar-refractivity contribution in [3.05, 3.63) is 12.0 Å². The Hall–Kier alpha value is -1.43. The van der Waals surface area contributed by atoms with Gasteiger partial charge in [0.05, 0.1) is 6.20 Å². The van der Waals surface area contributed by atoms with Gasteiger partial charge in [0.15, 0.2) is 11.6 Å². The van der Waals surface area contributed by atoms with Gasteiger partial charge >= 0.3 is 0 Å². The molecule has 0 bridgehead atoms. The van der Waals surface area contributed by atoms with Crippen LogP contribution >= 0.6 is 0 Å². The van der Waals surface area contributed by atoms with Crippen molar-refractivity contribution >= 4 is 11.8 Å². The van der Waals surface area contributed by atoms with Crippen LogP contribution in [0.15, 0.2) is 6.20 Å². The van der Waals surface area contributed by atoms with Gasteiger partial charge in [-0.15, -0.1) is 0 Å². The molecule has 2 heterocycles. The van der Waals surface area contributed by atoms with E-state index in [9.17, 15) is 4.39 Å². The molecule has 2 fully saturated rings. The minimum absolute atomic E-state index is 0.270. The van der Waals surface area contributed by atoms with Gasteiger partial charge in [0.25, 0.3) is 0 Å². The molecule has 1 aromatic rings. The number of rotatable bonds is 4. The lowest BCUT2D eigenvalue weighted by atomic mass is 9.97. The molecule has 2 atom stereocenters. The molecule has 1 aliphatic heterocycles. The highest BCUT2D eigenvalue weighted by Crippen LogP contribution is 2.43. The molecule has 20 heavy (non-hydrogen) atoms. The number of nitrogens with zero attached hydrogens (tertiary/aromatic N) is 4. The predicted octanol–water partition coefficient (Wildman–Crippen LogP) is 1.43. The van der Waals surface area contributed by atoms with Gasteiger partial charge in [-0.25, -0.2) is 9.37 Å². The minimum atomic E-state index is -0.404. The number of nitrogens with one attached hydrogen (secondary N) is 1. The Morgan fingerprint density at radius 2 is 2.10 bits per heavy atom. The minimum Gasteiger partial charge on any atom is -0.371 e. The van der Waals surface area contributed by atoms with Crippen LogP contribution in [0.3, 0.4) is 0 Å². The molecule has 0 unspecified atom stereocenters. The molecule has 1 saturated carbocycles.